The second-order valence-electron chi connectivity index (χ2n) is 8.20. The maximum absolute atomic E-state index is 11.3. The van der Waals surface area contributed by atoms with Crippen molar-refractivity contribution < 1.29 is 19.1 Å². The van der Waals surface area contributed by atoms with E-state index < -0.39 is 14.4 Å². The van der Waals surface area contributed by atoms with E-state index in [9.17, 15) is 9.90 Å². The summed E-state index contributed by atoms with van der Waals surface area (Å²) in [5.74, 6) is 0. The predicted molar refractivity (Wildman–Crippen MR) is 113 cm³/mol. The lowest BCUT2D eigenvalue weighted by Crippen LogP contribution is -2.67. The Labute approximate surface area is 168 Å². The van der Waals surface area contributed by atoms with Gasteiger partial charge in [0.15, 0.2) is 0 Å². The molecule has 1 heterocycles. The van der Waals surface area contributed by atoms with Crippen LogP contribution in [0, 0.1) is 0 Å². The first-order valence-electron chi connectivity index (χ1n) is 9.69. The predicted octanol–water partition coefficient (Wildman–Crippen LogP) is 2.94. The largest absolute Gasteiger partial charge is 0.465 e. The zero-order chi connectivity index (χ0) is 20.2. The quantitative estimate of drug-likeness (QED) is 0.786. The molecular formula is C22H29NO4Si. The second-order valence-corrected chi connectivity index (χ2v) is 12.5. The van der Waals surface area contributed by atoms with Gasteiger partial charge in [-0.2, -0.15) is 0 Å². The molecule has 1 amide bonds. The Balaban J connectivity index is 1.96. The third-order valence-electron chi connectivity index (χ3n) is 5.31. The topological polar surface area (TPSA) is 59.0 Å². The summed E-state index contributed by atoms with van der Waals surface area (Å²) in [6.07, 6.45) is -1.16. The molecule has 2 aromatic rings. The fraction of sp³-hybridized carbons (Fsp3) is 0.409. The van der Waals surface area contributed by atoms with Gasteiger partial charge in [0.05, 0.1) is 25.9 Å². The summed E-state index contributed by atoms with van der Waals surface area (Å²) in [6.45, 7) is 8.20. The first-order valence-corrected chi connectivity index (χ1v) is 11.6. The highest BCUT2D eigenvalue weighted by atomic mass is 28.4. The molecule has 0 saturated carbocycles. The first kappa shape index (κ1) is 20.6. The van der Waals surface area contributed by atoms with Gasteiger partial charge in [-0.25, -0.2) is 4.79 Å². The van der Waals surface area contributed by atoms with E-state index >= 15 is 0 Å². The molecule has 0 spiro atoms. The van der Waals surface area contributed by atoms with Crippen molar-refractivity contribution in [2.24, 2.45) is 0 Å². The van der Waals surface area contributed by atoms with Crippen LogP contribution in [0.25, 0.3) is 0 Å². The number of hydrogen-bond acceptors (Lipinski definition) is 3. The van der Waals surface area contributed by atoms with Gasteiger partial charge in [-0.3, -0.25) is 0 Å². The van der Waals surface area contributed by atoms with E-state index in [-0.39, 0.29) is 11.1 Å². The Morgan fingerprint density at radius 1 is 1.11 bits per heavy atom. The van der Waals surface area contributed by atoms with Crippen LogP contribution in [0.5, 0.6) is 0 Å². The van der Waals surface area contributed by atoms with Gasteiger partial charge in [0.2, 0.25) is 0 Å². The van der Waals surface area contributed by atoms with E-state index in [4.69, 9.17) is 9.16 Å². The summed E-state index contributed by atoms with van der Waals surface area (Å²) in [5, 5.41) is 11.6. The Morgan fingerprint density at radius 2 is 1.64 bits per heavy atom. The number of carboxylic acid groups (broad SMARTS) is 1. The summed E-state index contributed by atoms with van der Waals surface area (Å²) in [4.78, 5) is 12.7. The molecule has 0 bridgehead atoms. The van der Waals surface area contributed by atoms with Gasteiger partial charge in [-0.15, -0.1) is 0 Å². The van der Waals surface area contributed by atoms with Crippen LogP contribution >= 0.6 is 0 Å². The Hall–Kier alpha value is -2.15. The number of carbonyl (C=O) groups is 1. The molecule has 1 atom stereocenters. The Morgan fingerprint density at radius 3 is 2.11 bits per heavy atom. The Bertz CT molecular complexity index is 737. The van der Waals surface area contributed by atoms with E-state index in [2.05, 4.69) is 69.3 Å². The maximum Gasteiger partial charge on any atom is 0.407 e. The molecule has 2 aromatic carbocycles. The lowest BCUT2D eigenvalue weighted by atomic mass is 10.2. The summed E-state index contributed by atoms with van der Waals surface area (Å²) < 4.78 is 12.7. The number of morpholine rings is 1. The summed E-state index contributed by atoms with van der Waals surface area (Å²) in [7, 11) is -2.63. The second kappa shape index (κ2) is 8.47. The van der Waals surface area contributed by atoms with Crippen molar-refractivity contribution >= 4 is 24.8 Å². The third kappa shape index (κ3) is 4.14. The molecular weight excluding hydrogens is 370 g/mol. The monoisotopic (exact) mass is 399 g/mol. The maximum atomic E-state index is 11.3. The van der Waals surface area contributed by atoms with Gasteiger partial charge < -0.3 is 19.2 Å². The molecule has 0 radical (unpaired) electrons. The molecule has 0 aliphatic carbocycles. The summed E-state index contributed by atoms with van der Waals surface area (Å²) >= 11 is 0. The SMILES string of the molecule is CC(C)(C)[Si](OCC1CN(C(=O)O)CCO1)(c1ccccc1)c1ccccc1. The van der Waals surface area contributed by atoms with Crippen LogP contribution in [0.2, 0.25) is 5.04 Å². The minimum atomic E-state index is -2.63. The van der Waals surface area contributed by atoms with Gasteiger partial charge in [0.1, 0.15) is 0 Å². The van der Waals surface area contributed by atoms with Crippen LogP contribution in [0.15, 0.2) is 60.7 Å². The molecule has 5 nitrogen and oxygen atoms in total. The van der Waals surface area contributed by atoms with Crippen LogP contribution < -0.4 is 10.4 Å². The van der Waals surface area contributed by atoms with Crippen molar-refractivity contribution in [1.29, 1.82) is 0 Å². The zero-order valence-corrected chi connectivity index (χ0v) is 17.8. The van der Waals surface area contributed by atoms with Gasteiger partial charge in [0, 0.05) is 6.54 Å². The molecule has 1 saturated heterocycles. The molecule has 3 rings (SSSR count). The lowest BCUT2D eigenvalue weighted by Gasteiger charge is -2.44. The van der Waals surface area contributed by atoms with Gasteiger partial charge >= 0.3 is 6.09 Å². The van der Waals surface area contributed by atoms with Crippen molar-refractivity contribution in [2.75, 3.05) is 26.3 Å². The molecule has 1 fully saturated rings. The highest BCUT2D eigenvalue weighted by Gasteiger charge is 2.50. The first-order chi connectivity index (χ1) is 13.3. The van der Waals surface area contributed by atoms with Crippen molar-refractivity contribution in [3.8, 4) is 0 Å². The molecule has 0 aromatic heterocycles. The van der Waals surface area contributed by atoms with Crippen molar-refractivity contribution in [1.82, 2.24) is 4.90 Å². The highest BCUT2D eigenvalue weighted by molar-refractivity contribution is 6.99. The van der Waals surface area contributed by atoms with E-state index in [0.29, 0.717) is 26.3 Å². The number of ether oxygens (including phenoxy) is 1. The minimum absolute atomic E-state index is 0.114. The number of nitrogens with zero attached hydrogens (tertiary/aromatic N) is 1. The van der Waals surface area contributed by atoms with Crippen molar-refractivity contribution in [3.05, 3.63) is 60.7 Å². The van der Waals surface area contributed by atoms with Gasteiger partial charge in [-0.1, -0.05) is 81.4 Å². The van der Waals surface area contributed by atoms with E-state index in [1.165, 1.54) is 15.3 Å². The molecule has 1 aliphatic rings. The molecule has 1 unspecified atom stereocenters. The molecule has 1 N–H and O–H groups in total. The van der Waals surface area contributed by atoms with Crippen LogP contribution in [0.4, 0.5) is 4.79 Å². The molecule has 150 valence electrons. The summed E-state index contributed by atoms with van der Waals surface area (Å²) in [6, 6.07) is 20.8. The number of hydrogen-bond donors (Lipinski definition) is 1. The van der Waals surface area contributed by atoms with Crippen LogP contribution in [0.1, 0.15) is 20.8 Å². The standard InChI is InChI=1S/C22H29NO4Si/c1-22(2,3)28(19-10-6-4-7-11-19,20-12-8-5-9-13-20)27-17-18-16-23(21(24)25)14-15-26-18/h4-13,18H,14-17H2,1-3H3,(H,24,25). The van der Waals surface area contributed by atoms with E-state index in [1.807, 2.05) is 12.1 Å². The highest BCUT2D eigenvalue weighted by Crippen LogP contribution is 2.36. The molecule has 28 heavy (non-hydrogen) atoms. The number of rotatable bonds is 5. The van der Waals surface area contributed by atoms with E-state index in [1.54, 1.807) is 0 Å². The van der Waals surface area contributed by atoms with Crippen molar-refractivity contribution in [3.63, 3.8) is 0 Å². The lowest BCUT2D eigenvalue weighted by molar-refractivity contribution is -0.0428. The average molecular weight is 400 g/mol. The minimum Gasteiger partial charge on any atom is -0.465 e. The smallest absolute Gasteiger partial charge is 0.407 e. The van der Waals surface area contributed by atoms with Crippen molar-refractivity contribution in [2.45, 2.75) is 31.9 Å². The van der Waals surface area contributed by atoms with Crippen LogP contribution in [-0.4, -0.2) is 56.8 Å². The fourth-order valence-electron chi connectivity index (χ4n) is 3.97. The van der Waals surface area contributed by atoms with Crippen LogP contribution in [0.3, 0.4) is 0 Å². The molecule has 1 aliphatic heterocycles. The average Bonchev–Trinajstić information content (AvgIpc) is 2.69. The van der Waals surface area contributed by atoms with Gasteiger partial charge in [0.25, 0.3) is 8.32 Å². The van der Waals surface area contributed by atoms with E-state index in [0.717, 1.165) is 0 Å². The number of benzene rings is 2. The zero-order valence-electron chi connectivity index (χ0n) is 16.8. The molecule has 6 heteroatoms. The Kier molecular flexibility index (Phi) is 6.22. The fourth-order valence-corrected chi connectivity index (χ4v) is 8.56. The van der Waals surface area contributed by atoms with Crippen LogP contribution in [-0.2, 0) is 9.16 Å². The normalized spacial score (nSPS) is 18.1. The number of amides is 1. The third-order valence-corrected chi connectivity index (χ3v) is 10.3. The summed E-state index contributed by atoms with van der Waals surface area (Å²) in [5.41, 5.74) is 0. The van der Waals surface area contributed by atoms with Gasteiger partial charge in [-0.05, 0) is 15.4 Å².